The van der Waals surface area contributed by atoms with Crippen molar-refractivity contribution in [3.8, 4) is 0 Å². The monoisotopic (exact) mass is 428 g/mol. The highest BCUT2D eigenvalue weighted by atomic mass is 32.3. The van der Waals surface area contributed by atoms with Gasteiger partial charge in [0.2, 0.25) is 10.7 Å². The van der Waals surface area contributed by atoms with Gasteiger partial charge < -0.3 is 0 Å². The molecule has 0 bridgehead atoms. The van der Waals surface area contributed by atoms with Crippen LogP contribution in [0.15, 0.2) is 0 Å². The van der Waals surface area contributed by atoms with Crippen molar-refractivity contribution in [3.05, 3.63) is 0 Å². The quantitative estimate of drug-likeness (QED) is 0.375. The SMILES string of the molecule is O=[SH](=O)C(F)(F)C(F)(F)C(F)(F)S(=O)(=O)OS(=O)(=O)C(F)(F)F. The maximum Gasteiger partial charge on any atom is 0.524 e. The molecular formula is C4HF9O7S3. The van der Waals surface area contributed by atoms with Crippen LogP contribution in [0.2, 0.25) is 0 Å². The third kappa shape index (κ3) is 3.50. The second-order valence-corrected chi connectivity index (χ2v) is 7.72. The summed E-state index contributed by atoms with van der Waals surface area (Å²) in [4.78, 5) is 0. The van der Waals surface area contributed by atoms with Crippen molar-refractivity contribution in [2.24, 2.45) is 0 Å². The van der Waals surface area contributed by atoms with Crippen molar-refractivity contribution in [3.63, 3.8) is 0 Å². The Kier molecular flexibility index (Phi) is 5.42. The van der Waals surface area contributed by atoms with E-state index in [9.17, 15) is 64.8 Å². The van der Waals surface area contributed by atoms with Crippen LogP contribution < -0.4 is 0 Å². The zero-order valence-corrected chi connectivity index (χ0v) is 12.1. The summed E-state index contributed by atoms with van der Waals surface area (Å²) in [7, 11) is -21.1. The van der Waals surface area contributed by atoms with Crippen LogP contribution in [0.4, 0.5) is 39.5 Å². The number of hydrogen-bond donors (Lipinski definition) is 1. The van der Waals surface area contributed by atoms with Gasteiger partial charge in [-0.25, -0.2) is 8.42 Å². The normalized spacial score (nSPS) is 15.9. The lowest BCUT2D eigenvalue weighted by atomic mass is 10.3. The molecule has 0 aliphatic rings. The number of alkyl halides is 9. The molecule has 0 aliphatic heterocycles. The van der Waals surface area contributed by atoms with E-state index in [0.29, 0.717) is 0 Å². The Morgan fingerprint density at radius 2 is 1.04 bits per heavy atom. The summed E-state index contributed by atoms with van der Waals surface area (Å²) >= 11 is 0. The van der Waals surface area contributed by atoms with E-state index in [1.54, 1.807) is 0 Å². The predicted octanol–water partition coefficient (Wildman–Crippen LogP) is 0.615. The van der Waals surface area contributed by atoms with Crippen LogP contribution >= 0.6 is 0 Å². The van der Waals surface area contributed by atoms with Gasteiger partial charge in [-0.2, -0.15) is 56.3 Å². The molecule has 7 nitrogen and oxygen atoms in total. The van der Waals surface area contributed by atoms with Gasteiger partial charge in [-0.15, -0.1) is 3.63 Å². The molecule has 0 aromatic carbocycles. The summed E-state index contributed by atoms with van der Waals surface area (Å²) in [6, 6.07) is 0. The van der Waals surface area contributed by atoms with Crippen LogP contribution in [0.25, 0.3) is 0 Å². The van der Waals surface area contributed by atoms with E-state index in [1.807, 2.05) is 3.63 Å². The molecule has 0 heterocycles. The molecule has 0 rings (SSSR count). The summed E-state index contributed by atoms with van der Waals surface area (Å²) in [5, 5.41) is -14.1. The number of rotatable bonds is 6. The first-order valence-corrected chi connectivity index (χ1v) is 8.19. The maximum atomic E-state index is 12.9. The molecule has 0 aliphatic carbocycles. The molecule has 0 unspecified atom stereocenters. The van der Waals surface area contributed by atoms with Crippen LogP contribution in [-0.2, 0) is 34.6 Å². The Hall–Kier alpha value is -0.820. The first kappa shape index (κ1) is 22.2. The number of hydrogen-bond acceptors (Lipinski definition) is 7. The van der Waals surface area contributed by atoms with Crippen LogP contribution in [-0.4, -0.2) is 47.2 Å². The van der Waals surface area contributed by atoms with Gasteiger partial charge in [-0.1, -0.05) is 0 Å². The largest absolute Gasteiger partial charge is 0.524 e. The second kappa shape index (κ2) is 5.62. The van der Waals surface area contributed by atoms with Crippen molar-refractivity contribution >= 4 is 30.9 Å². The van der Waals surface area contributed by atoms with E-state index in [-0.39, 0.29) is 0 Å². The van der Waals surface area contributed by atoms with E-state index in [2.05, 4.69) is 0 Å². The van der Waals surface area contributed by atoms with Gasteiger partial charge in [0.1, 0.15) is 0 Å². The Morgan fingerprint density at radius 1 is 0.696 bits per heavy atom. The lowest BCUT2D eigenvalue weighted by Gasteiger charge is -2.28. The second-order valence-electron chi connectivity index (χ2n) is 3.31. The summed E-state index contributed by atoms with van der Waals surface area (Å²) in [5.41, 5.74) is -6.70. The van der Waals surface area contributed by atoms with Gasteiger partial charge >= 0.3 is 42.2 Å². The lowest BCUT2D eigenvalue weighted by molar-refractivity contribution is -0.244. The summed E-state index contributed by atoms with van der Waals surface area (Å²) in [5.74, 6) is -7.37. The topological polar surface area (TPSA) is 112 Å². The highest BCUT2D eigenvalue weighted by molar-refractivity contribution is 8.00. The fourth-order valence-corrected chi connectivity index (χ4v) is 3.13. The number of halogens is 9. The molecule has 0 fully saturated rings. The number of thiol groups is 1. The smallest absolute Gasteiger partial charge is 0.225 e. The first-order valence-electron chi connectivity index (χ1n) is 4.20. The molecule has 0 atom stereocenters. The van der Waals surface area contributed by atoms with E-state index in [1.165, 1.54) is 0 Å². The Labute approximate surface area is 122 Å². The average Bonchev–Trinajstić information content (AvgIpc) is 2.24. The van der Waals surface area contributed by atoms with Gasteiger partial charge in [-0.3, -0.25) is 0 Å². The molecule has 0 saturated carbocycles. The Bertz CT molecular complexity index is 735. The van der Waals surface area contributed by atoms with Gasteiger partial charge in [0.25, 0.3) is 0 Å². The van der Waals surface area contributed by atoms with Crippen LogP contribution in [0.5, 0.6) is 0 Å². The molecular weight excluding hydrogens is 427 g/mol. The van der Waals surface area contributed by atoms with E-state index in [4.69, 9.17) is 0 Å². The van der Waals surface area contributed by atoms with Crippen molar-refractivity contribution < 1.29 is 68.4 Å². The Morgan fingerprint density at radius 3 is 1.30 bits per heavy atom. The first-order chi connectivity index (χ1) is 9.65. The minimum Gasteiger partial charge on any atom is -0.225 e. The maximum absolute atomic E-state index is 12.9. The molecule has 0 amide bonds. The fraction of sp³-hybridized carbons (Fsp3) is 1.00. The van der Waals surface area contributed by atoms with E-state index < -0.39 is 52.9 Å². The van der Waals surface area contributed by atoms with Crippen molar-refractivity contribution in [2.45, 2.75) is 21.9 Å². The molecule has 0 N–H and O–H groups in total. The fourth-order valence-electron chi connectivity index (χ4n) is 0.646. The standard InChI is InChI=1S/C4HF9O7S3/c5-1(6,2(7,8)21(14)15)3(9,10)22(16,17)20-23(18,19)4(11,12)13/h21H. The van der Waals surface area contributed by atoms with Gasteiger partial charge in [0, 0.05) is 0 Å². The van der Waals surface area contributed by atoms with Crippen LogP contribution in [0, 0.1) is 0 Å². The molecule has 0 spiro atoms. The molecule has 0 aromatic heterocycles. The van der Waals surface area contributed by atoms with E-state index in [0.717, 1.165) is 0 Å². The molecule has 0 aromatic rings. The molecule has 0 radical (unpaired) electrons. The highest BCUT2D eigenvalue weighted by Gasteiger charge is 2.80. The highest BCUT2D eigenvalue weighted by Crippen LogP contribution is 2.50. The van der Waals surface area contributed by atoms with Gasteiger partial charge in [0.05, 0.1) is 0 Å². The molecule has 19 heteroatoms. The zero-order chi connectivity index (χ0) is 19.3. The molecule has 140 valence electrons. The Balaban J connectivity index is 6.23. The van der Waals surface area contributed by atoms with Crippen LogP contribution in [0.1, 0.15) is 0 Å². The van der Waals surface area contributed by atoms with Gasteiger partial charge in [-0.05, 0) is 0 Å². The van der Waals surface area contributed by atoms with Crippen molar-refractivity contribution in [1.82, 2.24) is 0 Å². The average molecular weight is 428 g/mol. The van der Waals surface area contributed by atoms with Crippen molar-refractivity contribution in [2.75, 3.05) is 0 Å². The lowest BCUT2D eigenvalue weighted by Crippen LogP contribution is -2.59. The zero-order valence-electron chi connectivity index (χ0n) is 9.52. The third-order valence-electron chi connectivity index (χ3n) is 1.75. The third-order valence-corrected chi connectivity index (χ3v) is 5.37. The predicted molar refractivity (Wildman–Crippen MR) is 50.1 cm³/mol. The minimum atomic E-state index is -7.91. The van der Waals surface area contributed by atoms with Gasteiger partial charge in [0.15, 0.2) is 0 Å². The van der Waals surface area contributed by atoms with E-state index >= 15 is 0 Å². The summed E-state index contributed by atoms with van der Waals surface area (Å²) in [6.45, 7) is 0. The summed E-state index contributed by atoms with van der Waals surface area (Å²) in [6.07, 6.45) is 0. The minimum absolute atomic E-state index is 1.88. The molecule has 23 heavy (non-hydrogen) atoms. The molecule has 0 saturated heterocycles. The van der Waals surface area contributed by atoms with Crippen LogP contribution in [0.3, 0.4) is 0 Å². The summed E-state index contributed by atoms with van der Waals surface area (Å²) < 4.78 is 175. The van der Waals surface area contributed by atoms with Crippen molar-refractivity contribution in [1.29, 1.82) is 0 Å².